The molecular weight excluding hydrogens is 344 g/mol. The summed E-state index contributed by atoms with van der Waals surface area (Å²) in [6.45, 7) is 7.69. The van der Waals surface area contributed by atoms with Crippen LogP contribution in [0.25, 0.3) is 0 Å². The first-order chi connectivity index (χ1) is 12.9. The van der Waals surface area contributed by atoms with E-state index in [1.807, 2.05) is 20.8 Å². The zero-order valence-corrected chi connectivity index (χ0v) is 15.8. The van der Waals surface area contributed by atoms with Gasteiger partial charge in [0.05, 0.1) is 11.3 Å². The lowest BCUT2D eigenvalue weighted by Crippen LogP contribution is -2.50. The molecule has 0 atom stereocenters. The Bertz CT molecular complexity index is 841. The first-order valence-corrected chi connectivity index (χ1v) is 9.08. The number of nitrogens with zero attached hydrogens (tertiary/aromatic N) is 4. The molecule has 7 nitrogen and oxygen atoms in total. The van der Waals surface area contributed by atoms with Gasteiger partial charge in [-0.15, -0.1) is 0 Å². The van der Waals surface area contributed by atoms with Crippen molar-refractivity contribution in [1.82, 2.24) is 19.8 Å². The van der Waals surface area contributed by atoms with E-state index < -0.39 is 0 Å². The molecule has 3 rings (SSSR count). The third kappa shape index (κ3) is 4.07. The highest BCUT2D eigenvalue weighted by Gasteiger charge is 2.27. The Morgan fingerprint density at radius 2 is 1.56 bits per heavy atom. The Balaban J connectivity index is 1.68. The second-order valence-corrected chi connectivity index (χ2v) is 7.00. The molecule has 0 radical (unpaired) electrons. The van der Waals surface area contributed by atoms with E-state index >= 15 is 0 Å². The van der Waals surface area contributed by atoms with Gasteiger partial charge in [0.15, 0.2) is 0 Å². The summed E-state index contributed by atoms with van der Waals surface area (Å²) in [5.74, 6) is 0.727. The van der Waals surface area contributed by atoms with Crippen molar-refractivity contribution in [2.24, 2.45) is 0 Å². The second-order valence-electron chi connectivity index (χ2n) is 7.00. The van der Waals surface area contributed by atoms with Crippen molar-refractivity contribution in [3.63, 3.8) is 0 Å². The minimum Gasteiger partial charge on any atom is -0.508 e. The molecule has 0 spiro atoms. The van der Waals surface area contributed by atoms with Crippen molar-refractivity contribution in [1.29, 1.82) is 0 Å². The molecule has 27 heavy (non-hydrogen) atoms. The lowest BCUT2D eigenvalue weighted by Gasteiger charge is -2.35. The third-order valence-electron chi connectivity index (χ3n) is 4.68. The van der Waals surface area contributed by atoms with Crippen molar-refractivity contribution in [3.05, 3.63) is 53.1 Å². The zero-order valence-electron chi connectivity index (χ0n) is 15.8. The predicted octanol–water partition coefficient (Wildman–Crippen LogP) is 2.21. The molecule has 7 heteroatoms. The molecule has 0 saturated carbocycles. The minimum atomic E-state index is -0.0939. The van der Waals surface area contributed by atoms with Crippen LogP contribution in [-0.4, -0.2) is 62.9 Å². The monoisotopic (exact) mass is 368 g/mol. The molecule has 2 heterocycles. The van der Waals surface area contributed by atoms with Crippen molar-refractivity contribution < 1.29 is 14.7 Å². The molecule has 1 aromatic heterocycles. The van der Waals surface area contributed by atoms with E-state index in [1.54, 1.807) is 28.1 Å². The van der Waals surface area contributed by atoms with Crippen LogP contribution < -0.4 is 0 Å². The van der Waals surface area contributed by atoms with Crippen molar-refractivity contribution in [2.45, 2.75) is 26.7 Å². The number of aryl methyl sites for hydroxylation is 1. The van der Waals surface area contributed by atoms with Crippen LogP contribution in [-0.2, 0) is 0 Å². The first-order valence-electron chi connectivity index (χ1n) is 9.08. The van der Waals surface area contributed by atoms with Gasteiger partial charge in [0.25, 0.3) is 11.8 Å². The maximum absolute atomic E-state index is 12.9. The largest absolute Gasteiger partial charge is 0.508 e. The van der Waals surface area contributed by atoms with Gasteiger partial charge in [0.2, 0.25) is 0 Å². The molecule has 1 aromatic carbocycles. The van der Waals surface area contributed by atoms with Gasteiger partial charge in [-0.1, -0.05) is 13.8 Å². The summed E-state index contributed by atoms with van der Waals surface area (Å²) in [4.78, 5) is 37.6. The van der Waals surface area contributed by atoms with E-state index in [2.05, 4.69) is 9.97 Å². The molecule has 1 fully saturated rings. The van der Waals surface area contributed by atoms with Crippen LogP contribution in [0.15, 0.2) is 30.5 Å². The quantitative estimate of drug-likeness (QED) is 0.898. The average molecular weight is 368 g/mol. The van der Waals surface area contributed by atoms with Crippen molar-refractivity contribution >= 4 is 11.8 Å². The molecule has 1 aliphatic heterocycles. The van der Waals surface area contributed by atoms with Gasteiger partial charge >= 0.3 is 0 Å². The molecule has 1 aliphatic rings. The summed E-state index contributed by atoms with van der Waals surface area (Å²) in [6, 6.07) is 6.21. The normalized spacial score (nSPS) is 14.5. The Kier molecular flexibility index (Phi) is 5.39. The number of rotatable bonds is 3. The van der Waals surface area contributed by atoms with E-state index in [-0.39, 0.29) is 23.5 Å². The first kappa shape index (κ1) is 18.8. The van der Waals surface area contributed by atoms with Crippen LogP contribution in [0, 0.1) is 6.92 Å². The fourth-order valence-electron chi connectivity index (χ4n) is 3.16. The maximum atomic E-state index is 12.9. The van der Waals surface area contributed by atoms with Gasteiger partial charge in [-0.3, -0.25) is 9.59 Å². The van der Waals surface area contributed by atoms with Gasteiger partial charge < -0.3 is 14.9 Å². The van der Waals surface area contributed by atoms with E-state index in [9.17, 15) is 14.7 Å². The Labute approximate surface area is 158 Å². The molecule has 1 saturated heterocycles. The van der Waals surface area contributed by atoms with E-state index in [0.717, 1.165) is 5.69 Å². The molecule has 0 unspecified atom stereocenters. The molecule has 2 amide bonds. The van der Waals surface area contributed by atoms with Gasteiger partial charge in [-0.25, -0.2) is 9.97 Å². The van der Waals surface area contributed by atoms with E-state index in [1.165, 1.54) is 12.1 Å². The number of piperazine rings is 1. The van der Waals surface area contributed by atoms with Crippen LogP contribution in [0.5, 0.6) is 5.75 Å². The summed E-state index contributed by atoms with van der Waals surface area (Å²) in [6.07, 6.45) is 1.61. The zero-order chi connectivity index (χ0) is 19.6. The second kappa shape index (κ2) is 7.73. The highest BCUT2D eigenvalue weighted by atomic mass is 16.3. The molecule has 1 N–H and O–H groups in total. The summed E-state index contributed by atoms with van der Waals surface area (Å²) >= 11 is 0. The van der Waals surface area contributed by atoms with Crippen LogP contribution in [0.1, 0.15) is 52.0 Å². The van der Waals surface area contributed by atoms with Crippen LogP contribution >= 0.6 is 0 Å². The third-order valence-corrected chi connectivity index (χ3v) is 4.68. The summed E-state index contributed by atoms with van der Waals surface area (Å²) in [5.41, 5.74) is 1.82. The lowest BCUT2D eigenvalue weighted by molar-refractivity contribution is 0.0534. The smallest absolute Gasteiger partial charge is 0.257 e. The summed E-state index contributed by atoms with van der Waals surface area (Å²) < 4.78 is 0. The Hall–Kier alpha value is -2.96. The fraction of sp³-hybridized carbons (Fsp3) is 0.400. The Morgan fingerprint density at radius 1 is 1.00 bits per heavy atom. The number of aromatic nitrogens is 2. The highest BCUT2D eigenvalue weighted by molar-refractivity contribution is 5.96. The van der Waals surface area contributed by atoms with Crippen molar-refractivity contribution in [3.8, 4) is 5.75 Å². The van der Waals surface area contributed by atoms with Crippen LogP contribution in [0.2, 0.25) is 0 Å². The number of amides is 2. The maximum Gasteiger partial charge on any atom is 0.257 e. The number of phenols is 1. The highest BCUT2D eigenvalue weighted by Crippen LogP contribution is 2.20. The van der Waals surface area contributed by atoms with E-state index in [0.29, 0.717) is 43.1 Å². The number of hydrogen-bond donors (Lipinski definition) is 1. The molecule has 142 valence electrons. The number of carbonyl (C=O) groups excluding carboxylic acids is 2. The van der Waals surface area contributed by atoms with Gasteiger partial charge in [-0.05, 0) is 37.1 Å². The lowest BCUT2D eigenvalue weighted by atomic mass is 10.0. The average Bonchev–Trinajstić information content (AvgIpc) is 2.67. The minimum absolute atomic E-state index is 0.0876. The SMILES string of the molecule is Cc1ncc(C(=O)N2CCN(C(=O)c3ccc(O)cc3)CC2)c(C(C)C)n1. The number of phenolic OH excluding ortho intramolecular Hbond substituents is 1. The van der Waals surface area contributed by atoms with Gasteiger partial charge in [-0.2, -0.15) is 0 Å². The molecule has 0 bridgehead atoms. The van der Waals surface area contributed by atoms with Crippen LogP contribution in [0.4, 0.5) is 0 Å². The Morgan fingerprint density at radius 3 is 2.11 bits per heavy atom. The molecular formula is C20H24N4O3. The summed E-state index contributed by atoms with van der Waals surface area (Å²) in [5, 5.41) is 9.35. The number of carbonyl (C=O) groups is 2. The predicted molar refractivity (Wildman–Crippen MR) is 101 cm³/mol. The van der Waals surface area contributed by atoms with Gasteiger partial charge in [0, 0.05) is 37.9 Å². The standard InChI is InChI=1S/C20H24N4O3/c1-13(2)18-17(12-21-14(3)22-18)20(27)24-10-8-23(9-11-24)19(26)15-4-6-16(25)7-5-15/h4-7,12-13,25H,8-11H2,1-3H3. The van der Waals surface area contributed by atoms with E-state index in [4.69, 9.17) is 0 Å². The fourth-order valence-corrected chi connectivity index (χ4v) is 3.16. The van der Waals surface area contributed by atoms with Crippen LogP contribution in [0.3, 0.4) is 0 Å². The topological polar surface area (TPSA) is 86.6 Å². The number of hydrogen-bond acceptors (Lipinski definition) is 5. The van der Waals surface area contributed by atoms with Gasteiger partial charge in [0.1, 0.15) is 11.6 Å². The number of benzene rings is 1. The molecule has 2 aromatic rings. The molecule has 0 aliphatic carbocycles. The number of aromatic hydroxyl groups is 1. The van der Waals surface area contributed by atoms with Crippen molar-refractivity contribution in [2.75, 3.05) is 26.2 Å². The summed E-state index contributed by atoms with van der Waals surface area (Å²) in [7, 11) is 0.